The molecular formula is C11H14ClFSi. The fourth-order valence-electron chi connectivity index (χ4n) is 2.12. The van der Waals surface area contributed by atoms with Gasteiger partial charge in [0.1, 0.15) is 13.9 Å². The lowest BCUT2D eigenvalue weighted by Gasteiger charge is -2.24. The van der Waals surface area contributed by atoms with Crippen LogP contribution in [0.5, 0.6) is 0 Å². The maximum Gasteiger partial charge on any atom is 0.141 e. The third kappa shape index (κ3) is 2.37. The Kier molecular flexibility index (Phi) is 3.24. The largest absolute Gasteiger partial charge is 0.207 e. The minimum Gasteiger partial charge on any atom is -0.207 e. The van der Waals surface area contributed by atoms with Gasteiger partial charge < -0.3 is 0 Å². The third-order valence-electron chi connectivity index (χ3n) is 3.00. The summed E-state index contributed by atoms with van der Waals surface area (Å²) in [6.07, 6.45) is 2.40. The van der Waals surface area contributed by atoms with Gasteiger partial charge in [-0.2, -0.15) is 11.1 Å². The van der Waals surface area contributed by atoms with Crippen molar-refractivity contribution in [3.05, 3.63) is 35.6 Å². The maximum atomic E-state index is 12.7. The number of hydrogen-bond donors (Lipinski definition) is 0. The monoisotopic (exact) mass is 228 g/mol. The molecule has 0 atom stereocenters. The molecule has 0 amide bonds. The predicted octanol–water partition coefficient (Wildman–Crippen LogP) is 3.67. The second kappa shape index (κ2) is 4.45. The first kappa shape index (κ1) is 10.2. The molecule has 0 spiro atoms. The molecule has 0 aromatic heterocycles. The van der Waals surface area contributed by atoms with Crippen LogP contribution >= 0.6 is 11.1 Å². The Hall–Kier alpha value is -0.343. The van der Waals surface area contributed by atoms with Gasteiger partial charge in [0.05, 0.1) is 0 Å². The Morgan fingerprint density at radius 3 is 2.29 bits per heavy atom. The summed E-state index contributed by atoms with van der Waals surface area (Å²) in [5.41, 5.74) is 1.28. The molecular weight excluding hydrogens is 215 g/mol. The molecule has 1 aliphatic heterocycles. The van der Waals surface area contributed by atoms with Crippen LogP contribution in [-0.2, 0) is 0 Å². The van der Waals surface area contributed by atoms with Gasteiger partial charge in [-0.25, -0.2) is 4.39 Å². The predicted molar refractivity (Wildman–Crippen MR) is 61.0 cm³/mol. The van der Waals surface area contributed by atoms with Crippen molar-refractivity contribution in [3.8, 4) is 0 Å². The van der Waals surface area contributed by atoms with Crippen molar-refractivity contribution in [1.82, 2.24) is 0 Å². The van der Waals surface area contributed by atoms with Gasteiger partial charge in [-0.05, 0) is 48.5 Å². The summed E-state index contributed by atoms with van der Waals surface area (Å²) in [6.45, 7) is 0. The lowest BCUT2D eigenvalue weighted by molar-refractivity contribution is 0.602. The van der Waals surface area contributed by atoms with E-state index in [1.807, 2.05) is 12.1 Å². The van der Waals surface area contributed by atoms with Gasteiger partial charge in [0.2, 0.25) is 0 Å². The highest BCUT2D eigenvalue weighted by atomic mass is 35.6. The molecule has 1 aromatic rings. The van der Waals surface area contributed by atoms with Crippen LogP contribution in [0, 0.1) is 5.82 Å². The molecule has 2 rings (SSSR count). The number of rotatable bonds is 1. The summed E-state index contributed by atoms with van der Waals surface area (Å²) >= 11 is 6.17. The van der Waals surface area contributed by atoms with E-state index >= 15 is 0 Å². The van der Waals surface area contributed by atoms with Gasteiger partial charge >= 0.3 is 0 Å². The second-order valence-corrected chi connectivity index (χ2v) is 8.20. The molecule has 1 saturated heterocycles. The Bertz CT molecular complexity index is 291. The molecule has 0 nitrogen and oxygen atoms in total. The van der Waals surface area contributed by atoms with Gasteiger partial charge in [0, 0.05) is 0 Å². The lowest BCUT2D eigenvalue weighted by Crippen LogP contribution is -2.14. The smallest absolute Gasteiger partial charge is 0.141 e. The van der Waals surface area contributed by atoms with E-state index in [-0.39, 0.29) is 5.82 Å². The number of hydrogen-bond acceptors (Lipinski definition) is 0. The van der Waals surface area contributed by atoms with Crippen molar-refractivity contribution in [2.75, 3.05) is 0 Å². The first-order valence-corrected chi connectivity index (χ1v) is 8.53. The van der Waals surface area contributed by atoms with Crippen molar-refractivity contribution >= 4 is 19.2 Å². The lowest BCUT2D eigenvalue weighted by atomic mass is 9.93. The second-order valence-electron chi connectivity index (χ2n) is 4.00. The normalized spacial score (nSPS) is 27.6. The van der Waals surface area contributed by atoms with E-state index in [9.17, 15) is 4.39 Å². The Balaban J connectivity index is 2.05. The van der Waals surface area contributed by atoms with Crippen molar-refractivity contribution in [2.24, 2.45) is 0 Å². The quantitative estimate of drug-likeness (QED) is 0.508. The molecule has 1 heterocycles. The molecule has 0 radical (unpaired) electrons. The van der Waals surface area contributed by atoms with E-state index in [2.05, 4.69) is 0 Å². The Morgan fingerprint density at radius 2 is 1.71 bits per heavy atom. The van der Waals surface area contributed by atoms with E-state index < -0.39 is 8.11 Å². The molecule has 76 valence electrons. The van der Waals surface area contributed by atoms with Crippen LogP contribution < -0.4 is 0 Å². The zero-order valence-corrected chi connectivity index (χ0v) is 9.96. The van der Waals surface area contributed by atoms with Gasteiger partial charge in [0.25, 0.3) is 0 Å². The van der Waals surface area contributed by atoms with E-state index in [4.69, 9.17) is 11.1 Å². The summed E-state index contributed by atoms with van der Waals surface area (Å²) in [5.74, 6) is 0.479. The van der Waals surface area contributed by atoms with E-state index in [1.165, 1.54) is 30.5 Å². The average Bonchev–Trinajstić information content (AvgIpc) is 2.21. The van der Waals surface area contributed by atoms with E-state index in [0.717, 1.165) is 0 Å². The topological polar surface area (TPSA) is 0 Å². The summed E-state index contributed by atoms with van der Waals surface area (Å²) in [4.78, 5) is 0. The van der Waals surface area contributed by atoms with Gasteiger partial charge in [-0.15, -0.1) is 0 Å². The SMILES string of the molecule is Fc1ccc(C2CC[SiH](Cl)CC2)cc1. The Labute approximate surface area is 90.4 Å². The zero-order valence-electron chi connectivity index (χ0n) is 8.05. The molecule has 1 fully saturated rings. The van der Waals surface area contributed by atoms with Crippen LogP contribution in [0.3, 0.4) is 0 Å². The molecule has 0 saturated carbocycles. The van der Waals surface area contributed by atoms with Gasteiger partial charge in [-0.3, -0.25) is 0 Å². The standard InChI is InChI=1S/C11H14ClFSi/c12-14-7-5-10(6-8-14)9-1-3-11(13)4-2-9/h1-4,10,14H,5-8H2. The molecule has 0 aliphatic carbocycles. The number of halogens is 2. The van der Waals surface area contributed by atoms with Crippen LogP contribution in [0.25, 0.3) is 0 Å². The summed E-state index contributed by atoms with van der Waals surface area (Å²) in [5, 5.41) is 0. The number of benzene rings is 1. The van der Waals surface area contributed by atoms with E-state index in [0.29, 0.717) is 5.92 Å². The summed E-state index contributed by atoms with van der Waals surface area (Å²) in [7, 11) is -0.868. The molecule has 3 heteroatoms. The van der Waals surface area contributed by atoms with E-state index in [1.54, 1.807) is 12.1 Å². The van der Waals surface area contributed by atoms with Crippen molar-refractivity contribution < 1.29 is 4.39 Å². The minimum absolute atomic E-state index is 0.144. The summed E-state index contributed by atoms with van der Waals surface area (Å²) in [6, 6.07) is 9.39. The molecule has 0 N–H and O–H groups in total. The first-order chi connectivity index (χ1) is 6.75. The fraction of sp³-hybridized carbons (Fsp3) is 0.455. The molecule has 1 aliphatic rings. The third-order valence-corrected chi connectivity index (χ3v) is 6.23. The zero-order chi connectivity index (χ0) is 9.97. The average molecular weight is 229 g/mol. The maximum absolute atomic E-state index is 12.7. The summed E-state index contributed by atoms with van der Waals surface area (Å²) < 4.78 is 12.7. The fourth-order valence-corrected chi connectivity index (χ4v) is 4.69. The minimum atomic E-state index is -0.868. The molecule has 14 heavy (non-hydrogen) atoms. The van der Waals surface area contributed by atoms with Crippen LogP contribution in [0.15, 0.2) is 24.3 Å². The van der Waals surface area contributed by atoms with Crippen LogP contribution in [0.1, 0.15) is 24.3 Å². The van der Waals surface area contributed by atoms with Crippen molar-refractivity contribution in [2.45, 2.75) is 30.8 Å². The van der Waals surface area contributed by atoms with Crippen molar-refractivity contribution in [3.63, 3.8) is 0 Å². The van der Waals surface area contributed by atoms with Crippen molar-refractivity contribution in [1.29, 1.82) is 0 Å². The van der Waals surface area contributed by atoms with Gasteiger partial charge in [-0.1, -0.05) is 12.1 Å². The first-order valence-electron chi connectivity index (χ1n) is 5.15. The van der Waals surface area contributed by atoms with Crippen LogP contribution in [-0.4, -0.2) is 8.11 Å². The molecule has 0 bridgehead atoms. The molecule has 0 unspecified atom stereocenters. The highest BCUT2D eigenvalue weighted by Gasteiger charge is 2.21. The Morgan fingerprint density at radius 1 is 1.14 bits per heavy atom. The highest BCUT2D eigenvalue weighted by Crippen LogP contribution is 2.34. The van der Waals surface area contributed by atoms with Gasteiger partial charge in [0.15, 0.2) is 0 Å². The van der Waals surface area contributed by atoms with Crippen LogP contribution in [0.4, 0.5) is 4.39 Å². The van der Waals surface area contributed by atoms with Crippen LogP contribution in [0.2, 0.25) is 12.1 Å². The highest BCUT2D eigenvalue weighted by molar-refractivity contribution is 7.07. The molecule has 1 aromatic carbocycles.